The molecule has 9 heteroatoms. The Morgan fingerprint density at radius 1 is 1.28 bits per heavy atom. The summed E-state index contributed by atoms with van der Waals surface area (Å²) in [5, 5.41) is 0. The lowest BCUT2D eigenvalue weighted by Crippen LogP contribution is -2.16. The van der Waals surface area contributed by atoms with Crippen molar-refractivity contribution >= 4 is 37.3 Å². The molecule has 0 saturated heterocycles. The molecule has 0 atom stereocenters. The van der Waals surface area contributed by atoms with Crippen LogP contribution < -0.4 is 14.3 Å². The number of benzene rings is 2. The fourth-order valence-electron chi connectivity index (χ4n) is 2.99. The van der Waals surface area contributed by atoms with Crippen LogP contribution in [0.4, 0.5) is 0 Å². The Morgan fingerprint density at radius 2 is 2.03 bits per heavy atom. The summed E-state index contributed by atoms with van der Waals surface area (Å²) in [6.07, 6.45) is 1.72. The highest BCUT2D eigenvalue weighted by atomic mass is 32.2. The number of hydrogen-bond donors (Lipinski definition) is 0. The van der Waals surface area contributed by atoms with E-state index in [2.05, 4.69) is 11.6 Å². The average Bonchev–Trinajstić information content (AvgIpc) is 3.30. The van der Waals surface area contributed by atoms with Gasteiger partial charge in [0.15, 0.2) is 26.1 Å². The zero-order chi connectivity index (χ0) is 20.6. The van der Waals surface area contributed by atoms with Crippen molar-refractivity contribution in [2.24, 2.45) is 4.99 Å². The SMILES string of the molecule is C=CCn1c(=NC(=O)c2cccc(S(=O)(=O)CC)c2)sc2cc3c(cc21)OCO3. The van der Waals surface area contributed by atoms with Crippen molar-refractivity contribution in [3.8, 4) is 11.5 Å². The van der Waals surface area contributed by atoms with Crippen LogP contribution in [0.3, 0.4) is 0 Å². The molecule has 0 N–H and O–H groups in total. The molecule has 0 spiro atoms. The monoisotopic (exact) mass is 430 g/mol. The van der Waals surface area contributed by atoms with E-state index in [1.54, 1.807) is 25.1 Å². The first-order chi connectivity index (χ1) is 13.9. The number of ether oxygens (including phenoxy) is 2. The first-order valence-electron chi connectivity index (χ1n) is 8.88. The van der Waals surface area contributed by atoms with Crippen LogP contribution in [0, 0.1) is 0 Å². The van der Waals surface area contributed by atoms with Gasteiger partial charge < -0.3 is 14.0 Å². The Kier molecular flexibility index (Phi) is 5.01. The third kappa shape index (κ3) is 3.58. The number of nitrogens with zero attached hydrogens (tertiary/aromatic N) is 2. The minimum Gasteiger partial charge on any atom is -0.454 e. The second-order valence-corrected chi connectivity index (χ2v) is 9.59. The van der Waals surface area contributed by atoms with Gasteiger partial charge >= 0.3 is 0 Å². The quantitative estimate of drug-likeness (QED) is 0.581. The lowest BCUT2D eigenvalue weighted by Gasteiger charge is -2.03. The van der Waals surface area contributed by atoms with Crippen LogP contribution in [0.15, 0.2) is 58.9 Å². The largest absolute Gasteiger partial charge is 0.454 e. The molecular formula is C20H18N2O5S2. The van der Waals surface area contributed by atoms with E-state index in [-0.39, 0.29) is 23.0 Å². The summed E-state index contributed by atoms with van der Waals surface area (Å²) in [7, 11) is -3.41. The number of allylic oxidation sites excluding steroid dienone is 1. The Morgan fingerprint density at radius 3 is 2.76 bits per heavy atom. The van der Waals surface area contributed by atoms with E-state index in [1.165, 1.54) is 23.5 Å². The molecule has 7 nitrogen and oxygen atoms in total. The van der Waals surface area contributed by atoms with Crippen LogP contribution in [-0.2, 0) is 16.4 Å². The summed E-state index contributed by atoms with van der Waals surface area (Å²) in [4.78, 5) is 17.6. The van der Waals surface area contributed by atoms with Crippen molar-refractivity contribution in [3.63, 3.8) is 0 Å². The Hall–Kier alpha value is -2.91. The molecule has 150 valence electrons. The molecule has 0 fully saturated rings. The minimum absolute atomic E-state index is 0.0355. The topological polar surface area (TPSA) is 87.0 Å². The number of thiazole rings is 1. The lowest BCUT2D eigenvalue weighted by molar-refractivity contribution is 0.0997. The van der Waals surface area contributed by atoms with Crippen molar-refractivity contribution in [3.05, 3.63) is 59.4 Å². The normalized spacial score (nSPS) is 13.8. The summed E-state index contributed by atoms with van der Waals surface area (Å²) in [6, 6.07) is 9.67. The molecule has 0 unspecified atom stereocenters. The van der Waals surface area contributed by atoms with Gasteiger partial charge in [0, 0.05) is 24.2 Å². The molecule has 1 aliphatic rings. The van der Waals surface area contributed by atoms with Gasteiger partial charge in [0.1, 0.15) is 0 Å². The maximum atomic E-state index is 12.8. The van der Waals surface area contributed by atoms with E-state index in [4.69, 9.17) is 9.47 Å². The van der Waals surface area contributed by atoms with Gasteiger partial charge in [-0.2, -0.15) is 4.99 Å². The second kappa shape index (κ2) is 7.49. The van der Waals surface area contributed by atoms with Gasteiger partial charge in [0.05, 0.1) is 20.9 Å². The van der Waals surface area contributed by atoms with Crippen molar-refractivity contribution in [1.29, 1.82) is 0 Å². The number of sulfone groups is 1. The molecule has 2 heterocycles. The van der Waals surface area contributed by atoms with Crippen molar-refractivity contribution in [2.45, 2.75) is 18.4 Å². The number of carbonyl (C=O) groups is 1. The van der Waals surface area contributed by atoms with Crippen molar-refractivity contribution in [1.82, 2.24) is 4.57 Å². The van der Waals surface area contributed by atoms with Crippen LogP contribution in [0.2, 0.25) is 0 Å². The third-order valence-electron chi connectivity index (χ3n) is 4.51. The summed E-state index contributed by atoms with van der Waals surface area (Å²) < 4.78 is 37.8. The highest BCUT2D eigenvalue weighted by molar-refractivity contribution is 7.91. The summed E-state index contributed by atoms with van der Waals surface area (Å²) in [6.45, 7) is 5.98. The van der Waals surface area contributed by atoms with E-state index < -0.39 is 15.7 Å². The molecule has 0 aliphatic carbocycles. The predicted molar refractivity (Wildman–Crippen MR) is 110 cm³/mol. The first kappa shape index (κ1) is 19.4. The van der Waals surface area contributed by atoms with Gasteiger partial charge in [-0.3, -0.25) is 4.79 Å². The highest BCUT2D eigenvalue weighted by Crippen LogP contribution is 2.37. The molecular weight excluding hydrogens is 412 g/mol. The number of hydrogen-bond acceptors (Lipinski definition) is 6. The van der Waals surface area contributed by atoms with Gasteiger partial charge in [-0.1, -0.05) is 30.4 Å². The summed E-state index contributed by atoms with van der Waals surface area (Å²) >= 11 is 1.34. The van der Waals surface area contributed by atoms with Gasteiger partial charge in [0.2, 0.25) is 6.79 Å². The van der Waals surface area contributed by atoms with Gasteiger partial charge in [-0.15, -0.1) is 6.58 Å². The van der Waals surface area contributed by atoms with Gasteiger partial charge in [-0.25, -0.2) is 8.42 Å². The number of rotatable bonds is 5. The maximum absolute atomic E-state index is 12.8. The molecule has 4 rings (SSSR count). The molecule has 0 saturated carbocycles. The highest BCUT2D eigenvalue weighted by Gasteiger charge is 2.18. The van der Waals surface area contributed by atoms with Gasteiger partial charge in [0.25, 0.3) is 5.91 Å². The smallest absolute Gasteiger partial charge is 0.279 e. The van der Waals surface area contributed by atoms with Crippen molar-refractivity contribution in [2.75, 3.05) is 12.5 Å². The van der Waals surface area contributed by atoms with E-state index in [1.807, 2.05) is 16.7 Å². The first-order valence-corrected chi connectivity index (χ1v) is 11.4. The number of fused-ring (bicyclic) bond motifs is 2. The standard InChI is InChI=1S/C20H18N2O5S2/c1-3-8-22-15-10-16-17(27-12-26-16)11-18(15)28-20(22)21-19(23)13-6-5-7-14(9-13)29(24,25)4-2/h3,5-7,9-11H,1,4,8,12H2,2H3. The molecule has 1 aromatic heterocycles. The molecule has 29 heavy (non-hydrogen) atoms. The Balaban J connectivity index is 1.82. The van der Waals surface area contributed by atoms with Crippen molar-refractivity contribution < 1.29 is 22.7 Å². The fraction of sp³-hybridized carbons (Fsp3) is 0.200. The van der Waals surface area contributed by atoms with Crippen LogP contribution in [0.1, 0.15) is 17.3 Å². The number of aromatic nitrogens is 1. The lowest BCUT2D eigenvalue weighted by atomic mass is 10.2. The predicted octanol–water partition coefficient (Wildman–Crippen LogP) is 3.15. The molecule has 1 amide bonds. The zero-order valence-corrected chi connectivity index (χ0v) is 17.3. The molecule has 0 bridgehead atoms. The van der Waals surface area contributed by atoms with Crippen LogP contribution in [0.5, 0.6) is 11.5 Å². The summed E-state index contributed by atoms with van der Waals surface area (Å²) in [5.41, 5.74) is 1.07. The summed E-state index contributed by atoms with van der Waals surface area (Å²) in [5.74, 6) is 0.748. The maximum Gasteiger partial charge on any atom is 0.279 e. The van der Waals surface area contributed by atoms with Crippen LogP contribution >= 0.6 is 11.3 Å². The van der Waals surface area contributed by atoms with E-state index in [0.717, 1.165) is 10.2 Å². The Bertz CT molecular complexity index is 1300. The average molecular weight is 431 g/mol. The number of carbonyl (C=O) groups excluding carboxylic acids is 1. The minimum atomic E-state index is -3.41. The van der Waals surface area contributed by atoms with E-state index >= 15 is 0 Å². The van der Waals surface area contributed by atoms with Crippen LogP contribution in [-0.4, -0.2) is 31.4 Å². The molecule has 1 aliphatic heterocycles. The zero-order valence-electron chi connectivity index (χ0n) is 15.6. The molecule has 0 radical (unpaired) electrons. The van der Waals surface area contributed by atoms with E-state index in [0.29, 0.717) is 22.8 Å². The van der Waals surface area contributed by atoms with Gasteiger partial charge in [-0.05, 0) is 18.2 Å². The third-order valence-corrected chi connectivity index (χ3v) is 7.28. The fourth-order valence-corrected chi connectivity index (χ4v) is 4.96. The second-order valence-electron chi connectivity index (χ2n) is 6.31. The van der Waals surface area contributed by atoms with E-state index in [9.17, 15) is 13.2 Å². The Labute approximate surface area is 171 Å². The number of amides is 1. The van der Waals surface area contributed by atoms with Crippen LogP contribution in [0.25, 0.3) is 10.2 Å². The molecule has 3 aromatic rings. The molecule has 2 aromatic carbocycles.